The van der Waals surface area contributed by atoms with Crippen LogP contribution in [0.1, 0.15) is 5.56 Å². The van der Waals surface area contributed by atoms with E-state index in [0.717, 1.165) is 3.57 Å². The minimum Gasteiger partial charge on any atom is -0.481 e. The highest BCUT2D eigenvalue weighted by atomic mass is 127. The molecule has 0 aliphatic carbocycles. The molecule has 0 aliphatic rings. The monoisotopic (exact) mass is 296 g/mol. The van der Waals surface area contributed by atoms with E-state index in [2.05, 4.69) is 4.98 Å². The van der Waals surface area contributed by atoms with Crippen molar-refractivity contribution >= 4 is 22.6 Å². The van der Waals surface area contributed by atoms with E-state index in [-0.39, 0.29) is 0 Å². The van der Waals surface area contributed by atoms with Crippen molar-refractivity contribution in [3.8, 4) is 5.88 Å². The molecule has 0 amide bonds. The average molecular weight is 296 g/mol. The highest BCUT2D eigenvalue weighted by molar-refractivity contribution is 14.1. The van der Waals surface area contributed by atoms with E-state index < -0.39 is 5.95 Å². The molecule has 0 aromatic carbocycles. The van der Waals surface area contributed by atoms with Crippen LogP contribution in [-0.2, 0) is 6.42 Å². The number of pyridine rings is 1. The van der Waals surface area contributed by atoms with Crippen molar-refractivity contribution < 1.29 is 9.13 Å². The summed E-state index contributed by atoms with van der Waals surface area (Å²) in [7, 11) is 1.46. The number of methoxy groups -OCH3 is 1. The Hall–Kier alpha value is -0.430. The normalized spacial score (nSPS) is 10.2. The molecule has 0 radical (unpaired) electrons. The van der Waals surface area contributed by atoms with Gasteiger partial charge in [0.05, 0.1) is 7.11 Å². The molecule has 0 saturated carbocycles. The smallest absolute Gasteiger partial charge is 0.220 e. The van der Waals surface area contributed by atoms with E-state index in [0.29, 0.717) is 24.4 Å². The molecule has 1 rings (SSSR count). The van der Waals surface area contributed by atoms with Crippen LogP contribution in [0.3, 0.4) is 0 Å². The fourth-order valence-electron chi connectivity index (χ4n) is 0.962. The molecule has 0 unspecified atom stereocenters. The molecule has 1 aromatic rings. The molecular weight excluding hydrogens is 286 g/mol. The summed E-state index contributed by atoms with van der Waals surface area (Å²) in [5.41, 5.74) is 5.90. The number of aromatic nitrogens is 1. The van der Waals surface area contributed by atoms with Gasteiger partial charge in [-0.05, 0) is 35.6 Å². The molecule has 0 bridgehead atoms. The summed E-state index contributed by atoms with van der Waals surface area (Å²) in [5, 5.41) is 0. The lowest BCUT2D eigenvalue weighted by Gasteiger charge is -2.05. The Labute approximate surface area is 89.6 Å². The summed E-state index contributed by atoms with van der Waals surface area (Å²) in [6, 6.07) is 1.69. The Morgan fingerprint density at radius 1 is 1.69 bits per heavy atom. The van der Waals surface area contributed by atoms with Gasteiger partial charge in [-0.25, -0.2) is 0 Å². The number of nitrogens with two attached hydrogens (primary N) is 1. The van der Waals surface area contributed by atoms with Crippen LogP contribution in [-0.4, -0.2) is 18.6 Å². The van der Waals surface area contributed by atoms with E-state index in [1.165, 1.54) is 7.11 Å². The lowest BCUT2D eigenvalue weighted by molar-refractivity contribution is 0.385. The van der Waals surface area contributed by atoms with Gasteiger partial charge in [-0.3, -0.25) is 0 Å². The first-order chi connectivity index (χ1) is 6.19. The minimum absolute atomic E-state index is 0.294. The number of hydrogen-bond donors (Lipinski definition) is 1. The van der Waals surface area contributed by atoms with Crippen molar-refractivity contribution in [1.29, 1.82) is 0 Å². The third kappa shape index (κ3) is 2.50. The van der Waals surface area contributed by atoms with Crippen molar-refractivity contribution in [2.24, 2.45) is 5.73 Å². The topological polar surface area (TPSA) is 48.1 Å². The van der Waals surface area contributed by atoms with Crippen LogP contribution in [0.25, 0.3) is 0 Å². The predicted octanol–water partition coefficient (Wildman–Crippen LogP) is 1.34. The van der Waals surface area contributed by atoms with E-state index in [9.17, 15) is 4.39 Å². The van der Waals surface area contributed by atoms with Gasteiger partial charge < -0.3 is 10.5 Å². The molecule has 0 fully saturated rings. The third-order valence-electron chi connectivity index (χ3n) is 1.60. The van der Waals surface area contributed by atoms with Crippen LogP contribution in [0, 0.1) is 9.52 Å². The van der Waals surface area contributed by atoms with Gasteiger partial charge in [0, 0.05) is 15.2 Å². The molecule has 0 atom stereocenters. The molecule has 0 aliphatic heterocycles. The van der Waals surface area contributed by atoms with Gasteiger partial charge in [-0.2, -0.15) is 9.37 Å². The lowest BCUT2D eigenvalue weighted by atomic mass is 10.2. The number of nitrogens with zero attached hydrogens (tertiary/aromatic N) is 1. The zero-order valence-corrected chi connectivity index (χ0v) is 9.34. The van der Waals surface area contributed by atoms with Gasteiger partial charge in [0.1, 0.15) is 0 Å². The second-order valence-electron chi connectivity index (χ2n) is 2.45. The zero-order valence-electron chi connectivity index (χ0n) is 7.18. The maximum Gasteiger partial charge on any atom is 0.220 e. The summed E-state index contributed by atoms with van der Waals surface area (Å²) < 4.78 is 18.9. The van der Waals surface area contributed by atoms with Gasteiger partial charge in [0.2, 0.25) is 11.8 Å². The molecule has 0 saturated heterocycles. The maximum atomic E-state index is 13.2. The number of halogens is 2. The van der Waals surface area contributed by atoms with E-state index in [1.54, 1.807) is 6.07 Å². The SMILES string of the molecule is COc1cc(I)c(CCN)c(F)n1. The summed E-state index contributed by atoms with van der Waals surface area (Å²) in [5.74, 6) is -0.197. The highest BCUT2D eigenvalue weighted by Crippen LogP contribution is 2.19. The highest BCUT2D eigenvalue weighted by Gasteiger charge is 2.09. The molecule has 1 aromatic heterocycles. The standard InChI is InChI=1S/C8H10FIN2O/c1-13-7-4-6(10)5(2-3-11)8(9)12-7/h4H,2-3,11H2,1H3. The van der Waals surface area contributed by atoms with Crippen molar-refractivity contribution in [2.45, 2.75) is 6.42 Å². The van der Waals surface area contributed by atoms with Crippen molar-refractivity contribution in [3.05, 3.63) is 21.1 Å². The van der Waals surface area contributed by atoms with Gasteiger partial charge in [0.25, 0.3) is 0 Å². The van der Waals surface area contributed by atoms with Crippen molar-refractivity contribution in [2.75, 3.05) is 13.7 Å². The molecule has 13 heavy (non-hydrogen) atoms. The number of hydrogen-bond acceptors (Lipinski definition) is 3. The number of rotatable bonds is 3. The van der Waals surface area contributed by atoms with Gasteiger partial charge in [-0.15, -0.1) is 0 Å². The van der Waals surface area contributed by atoms with Crippen LogP contribution in [0.2, 0.25) is 0 Å². The van der Waals surface area contributed by atoms with Crippen molar-refractivity contribution in [1.82, 2.24) is 4.98 Å². The molecule has 72 valence electrons. The summed E-state index contributed by atoms with van der Waals surface area (Å²) in [4.78, 5) is 3.62. The molecule has 2 N–H and O–H groups in total. The molecule has 3 nitrogen and oxygen atoms in total. The summed E-state index contributed by atoms with van der Waals surface area (Å²) in [6.07, 6.45) is 0.501. The Balaban J connectivity index is 3.07. The third-order valence-corrected chi connectivity index (χ3v) is 2.56. The first-order valence-electron chi connectivity index (χ1n) is 3.78. The molecular formula is C8H10FIN2O. The lowest BCUT2D eigenvalue weighted by Crippen LogP contribution is -2.08. The van der Waals surface area contributed by atoms with Gasteiger partial charge in [-0.1, -0.05) is 0 Å². The Kier molecular flexibility index (Phi) is 3.86. The largest absolute Gasteiger partial charge is 0.481 e. The first kappa shape index (κ1) is 10.6. The van der Waals surface area contributed by atoms with Gasteiger partial charge >= 0.3 is 0 Å². The van der Waals surface area contributed by atoms with Gasteiger partial charge in [0.15, 0.2) is 0 Å². The Morgan fingerprint density at radius 2 is 2.38 bits per heavy atom. The average Bonchev–Trinajstić information content (AvgIpc) is 2.11. The second-order valence-corrected chi connectivity index (χ2v) is 3.62. The van der Waals surface area contributed by atoms with E-state index in [1.807, 2.05) is 22.6 Å². The molecule has 1 heterocycles. The van der Waals surface area contributed by atoms with Crippen LogP contribution < -0.4 is 10.5 Å². The van der Waals surface area contributed by atoms with E-state index >= 15 is 0 Å². The van der Waals surface area contributed by atoms with Crippen LogP contribution in [0.15, 0.2) is 6.07 Å². The second kappa shape index (κ2) is 4.71. The fraction of sp³-hybridized carbons (Fsp3) is 0.375. The first-order valence-corrected chi connectivity index (χ1v) is 4.86. The quantitative estimate of drug-likeness (QED) is 0.676. The van der Waals surface area contributed by atoms with Crippen molar-refractivity contribution in [3.63, 3.8) is 0 Å². The summed E-state index contributed by atoms with van der Waals surface area (Å²) >= 11 is 2.04. The predicted molar refractivity (Wildman–Crippen MR) is 56.2 cm³/mol. The Morgan fingerprint density at radius 3 is 2.85 bits per heavy atom. The number of ether oxygens (including phenoxy) is 1. The van der Waals surface area contributed by atoms with Crippen LogP contribution in [0.4, 0.5) is 4.39 Å². The molecule has 5 heteroatoms. The zero-order chi connectivity index (χ0) is 9.84. The molecule has 0 spiro atoms. The fourth-order valence-corrected chi connectivity index (χ4v) is 1.72. The van der Waals surface area contributed by atoms with Crippen LogP contribution in [0.5, 0.6) is 5.88 Å². The van der Waals surface area contributed by atoms with Crippen LogP contribution >= 0.6 is 22.6 Å². The minimum atomic E-state index is -0.491. The van der Waals surface area contributed by atoms with E-state index in [4.69, 9.17) is 10.5 Å². The summed E-state index contributed by atoms with van der Waals surface area (Å²) in [6.45, 7) is 0.418. The Bertz CT molecular complexity index is 283. The maximum absolute atomic E-state index is 13.2.